The Morgan fingerprint density at radius 1 is 1.14 bits per heavy atom. The number of halogens is 1. The molecule has 2 heterocycles. The van der Waals surface area contributed by atoms with Crippen molar-refractivity contribution in [2.75, 3.05) is 19.5 Å². The van der Waals surface area contributed by atoms with Crippen molar-refractivity contribution >= 4 is 11.6 Å². The predicted octanol–water partition coefficient (Wildman–Crippen LogP) is 2.10. The zero-order valence-corrected chi connectivity index (χ0v) is 15.2. The van der Waals surface area contributed by atoms with Crippen LogP contribution in [0.25, 0.3) is 11.3 Å². The maximum atomic E-state index is 13.4. The predicted molar refractivity (Wildman–Crippen MR) is 99.9 cm³/mol. The highest BCUT2D eigenvalue weighted by Gasteiger charge is 2.12. The van der Waals surface area contributed by atoms with Gasteiger partial charge in [0.05, 0.1) is 31.8 Å². The first-order valence-corrected chi connectivity index (χ1v) is 8.22. The number of aromatic nitrogens is 3. The molecule has 3 aromatic rings. The van der Waals surface area contributed by atoms with Gasteiger partial charge in [-0.2, -0.15) is 5.10 Å². The maximum absolute atomic E-state index is 13.4. The molecule has 1 amide bonds. The highest BCUT2D eigenvalue weighted by Crippen LogP contribution is 2.28. The summed E-state index contributed by atoms with van der Waals surface area (Å²) in [7, 11) is 2.90. The summed E-state index contributed by atoms with van der Waals surface area (Å²) in [5, 5.41) is 6.82. The van der Waals surface area contributed by atoms with Crippen molar-refractivity contribution in [1.82, 2.24) is 14.8 Å². The van der Waals surface area contributed by atoms with E-state index in [-0.39, 0.29) is 12.3 Å². The quantitative estimate of drug-likeness (QED) is 0.699. The maximum Gasteiger partial charge on any atom is 0.267 e. The lowest BCUT2D eigenvalue weighted by atomic mass is 10.1. The number of nitrogens with zero attached hydrogens (tertiary/aromatic N) is 3. The van der Waals surface area contributed by atoms with Gasteiger partial charge in [-0.3, -0.25) is 9.59 Å². The van der Waals surface area contributed by atoms with Crippen LogP contribution in [0, 0.1) is 5.82 Å². The summed E-state index contributed by atoms with van der Waals surface area (Å²) in [6.07, 6.45) is 1.44. The Morgan fingerprint density at radius 3 is 2.64 bits per heavy atom. The average Bonchev–Trinajstić information content (AvgIpc) is 2.70. The Hall–Kier alpha value is -3.75. The second-order valence-corrected chi connectivity index (χ2v) is 5.70. The largest absolute Gasteiger partial charge is 0.496 e. The Kier molecular flexibility index (Phi) is 5.64. The lowest BCUT2D eigenvalue weighted by Crippen LogP contribution is -2.29. The molecule has 0 fully saturated rings. The van der Waals surface area contributed by atoms with Crippen molar-refractivity contribution in [2.45, 2.75) is 6.54 Å². The van der Waals surface area contributed by atoms with Gasteiger partial charge in [0, 0.05) is 23.8 Å². The number of nitrogens with one attached hydrogen (secondary N) is 1. The standard InChI is InChI=1S/C19H17FN4O4/c1-27-16-9-12(20)3-5-14(16)15-6-8-19(26)24(23-15)11-17(25)22-13-4-7-18(28-2)21-10-13/h3-10H,11H2,1-2H3,(H,22,25). The minimum atomic E-state index is -0.457. The molecule has 0 atom stereocenters. The molecule has 8 nitrogen and oxygen atoms in total. The van der Waals surface area contributed by atoms with Crippen molar-refractivity contribution in [3.8, 4) is 22.9 Å². The Morgan fingerprint density at radius 2 is 1.96 bits per heavy atom. The number of hydrogen-bond donors (Lipinski definition) is 1. The van der Waals surface area contributed by atoms with Crippen LogP contribution < -0.4 is 20.3 Å². The van der Waals surface area contributed by atoms with E-state index in [2.05, 4.69) is 15.4 Å². The first kappa shape index (κ1) is 19.0. The second kappa shape index (κ2) is 8.30. The molecular weight excluding hydrogens is 367 g/mol. The Balaban J connectivity index is 1.81. The fourth-order valence-corrected chi connectivity index (χ4v) is 2.49. The van der Waals surface area contributed by atoms with Gasteiger partial charge < -0.3 is 14.8 Å². The summed E-state index contributed by atoms with van der Waals surface area (Å²) in [6.45, 7) is -0.303. The molecule has 0 radical (unpaired) electrons. The fourth-order valence-electron chi connectivity index (χ4n) is 2.49. The molecule has 144 valence electrons. The molecule has 1 aromatic carbocycles. The van der Waals surface area contributed by atoms with E-state index < -0.39 is 17.3 Å². The monoisotopic (exact) mass is 384 g/mol. The van der Waals surface area contributed by atoms with E-state index in [4.69, 9.17) is 9.47 Å². The summed E-state index contributed by atoms with van der Waals surface area (Å²) in [5.74, 6) is -0.227. The van der Waals surface area contributed by atoms with E-state index in [0.29, 0.717) is 22.8 Å². The zero-order chi connectivity index (χ0) is 20.1. The summed E-state index contributed by atoms with van der Waals surface area (Å²) in [6, 6.07) is 9.97. The lowest BCUT2D eigenvalue weighted by Gasteiger charge is -2.11. The molecule has 0 aliphatic rings. The van der Waals surface area contributed by atoms with Gasteiger partial charge in [-0.1, -0.05) is 0 Å². The number of anilines is 1. The number of amides is 1. The molecule has 0 spiro atoms. The van der Waals surface area contributed by atoms with E-state index in [0.717, 1.165) is 4.68 Å². The first-order chi connectivity index (χ1) is 13.5. The molecule has 0 saturated heterocycles. The van der Waals surface area contributed by atoms with Gasteiger partial charge in [-0.15, -0.1) is 0 Å². The van der Waals surface area contributed by atoms with Gasteiger partial charge in [0.1, 0.15) is 18.1 Å². The topological polar surface area (TPSA) is 95.3 Å². The molecule has 3 rings (SSSR count). The van der Waals surface area contributed by atoms with Crippen molar-refractivity contribution in [1.29, 1.82) is 0 Å². The first-order valence-electron chi connectivity index (χ1n) is 8.22. The molecule has 0 unspecified atom stereocenters. The minimum Gasteiger partial charge on any atom is -0.496 e. The number of benzene rings is 1. The number of carbonyl (C=O) groups is 1. The van der Waals surface area contributed by atoms with Crippen LogP contribution in [0.5, 0.6) is 11.6 Å². The van der Waals surface area contributed by atoms with Gasteiger partial charge in [-0.25, -0.2) is 14.1 Å². The third-order valence-corrected chi connectivity index (χ3v) is 3.83. The second-order valence-electron chi connectivity index (χ2n) is 5.70. The van der Waals surface area contributed by atoms with Gasteiger partial charge in [0.25, 0.3) is 5.56 Å². The third-order valence-electron chi connectivity index (χ3n) is 3.83. The fraction of sp³-hybridized carbons (Fsp3) is 0.158. The number of ether oxygens (including phenoxy) is 2. The lowest BCUT2D eigenvalue weighted by molar-refractivity contribution is -0.117. The van der Waals surface area contributed by atoms with Crippen LogP contribution in [0.1, 0.15) is 0 Å². The van der Waals surface area contributed by atoms with Gasteiger partial charge in [-0.05, 0) is 24.3 Å². The van der Waals surface area contributed by atoms with Crippen LogP contribution in [0.15, 0.2) is 53.5 Å². The summed E-state index contributed by atoms with van der Waals surface area (Å²) >= 11 is 0. The minimum absolute atomic E-state index is 0.270. The van der Waals surface area contributed by atoms with Crippen LogP contribution in [-0.2, 0) is 11.3 Å². The summed E-state index contributed by atoms with van der Waals surface area (Å²) < 4.78 is 24.5. The van der Waals surface area contributed by atoms with E-state index in [9.17, 15) is 14.0 Å². The zero-order valence-electron chi connectivity index (χ0n) is 15.2. The van der Waals surface area contributed by atoms with E-state index in [1.165, 1.54) is 50.7 Å². The molecule has 1 N–H and O–H groups in total. The number of rotatable bonds is 6. The third kappa shape index (κ3) is 4.32. The van der Waals surface area contributed by atoms with E-state index in [1.54, 1.807) is 12.1 Å². The molecule has 0 saturated carbocycles. The van der Waals surface area contributed by atoms with Gasteiger partial charge in [0.2, 0.25) is 11.8 Å². The van der Waals surface area contributed by atoms with Crippen molar-refractivity contribution < 1.29 is 18.7 Å². The Labute approximate surface area is 159 Å². The molecule has 0 aliphatic heterocycles. The average molecular weight is 384 g/mol. The molecule has 9 heteroatoms. The normalized spacial score (nSPS) is 10.4. The van der Waals surface area contributed by atoms with Crippen LogP contribution in [-0.4, -0.2) is 34.9 Å². The van der Waals surface area contributed by atoms with Crippen molar-refractivity contribution in [2.24, 2.45) is 0 Å². The van der Waals surface area contributed by atoms with Crippen molar-refractivity contribution in [3.63, 3.8) is 0 Å². The number of methoxy groups -OCH3 is 2. The molecule has 2 aromatic heterocycles. The summed E-state index contributed by atoms with van der Waals surface area (Å²) in [5.41, 5.74) is 0.871. The SMILES string of the molecule is COc1ccc(NC(=O)Cn2nc(-c3ccc(F)cc3OC)ccc2=O)cn1. The molecule has 0 bridgehead atoms. The number of carbonyl (C=O) groups excluding carboxylic acids is 1. The summed E-state index contributed by atoms with van der Waals surface area (Å²) in [4.78, 5) is 28.3. The highest BCUT2D eigenvalue weighted by molar-refractivity contribution is 5.90. The number of pyridine rings is 1. The van der Waals surface area contributed by atoms with Crippen LogP contribution in [0.2, 0.25) is 0 Å². The number of hydrogen-bond acceptors (Lipinski definition) is 6. The van der Waals surface area contributed by atoms with E-state index in [1.807, 2.05) is 0 Å². The smallest absolute Gasteiger partial charge is 0.267 e. The molecular formula is C19H17FN4O4. The van der Waals surface area contributed by atoms with Crippen molar-refractivity contribution in [3.05, 3.63) is 64.8 Å². The van der Waals surface area contributed by atoms with Crippen LogP contribution in [0.4, 0.5) is 10.1 Å². The van der Waals surface area contributed by atoms with Crippen LogP contribution >= 0.6 is 0 Å². The van der Waals surface area contributed by atoms with E-state index >= 15 is 0 Å². The van der Waals surface area contributed by atoms with Crippen LogP contribution in [0.3, 0.4) is 0 Å². The molecule has 0 aliphatic carbocycles. The van der Waals surface area contributed by atoms with Gasteiger partial charge in [0.15, 0.2) is 0 Å². The highest BCUT2D eigenvalue weighted by atomic mass is 19.1. The molecule has 28 heavy (non-hydrogen) atoms. The Bertz CT molecular complexity index is 1050. The van der Waals surface area contributed by atoms with Gasteiger partial charge >= 0.3 is 0 Å².